The van der Waals surface area contributed by atoms with Crippen LogP contribution in [-0.2, 0) is 10.2 Å². The first kappa shape index (κ1) is 10.2. The molecule has 0 heterocycles. The average Bonchev–Trinajstić information content (AvgIpc) is 2.17. The fourth-order valence-corrected chi connectivity index (χ4v) is 2.26. The second-order valence-electron chi connectivity index (χ2n) is 4.41. The van der Waals surface area contributed by atoms with Crippen LogP contribution in [0.1, 0.15) is 31.7 Å². The molecule has 80 valence electrons. The van der Waals surface area contributed by atoms with Gasteiger partial charge in [0.15, 0.2) is 0 Å². The Balaban J connectivity index is 2.12. The second kappa shape index (κ2) is 4.05. The summed E-state index contributed by atoms with van der Waals surface area (Å²) in [7, 11) is 0. The van der Waals surface area contributed by atoms with Crippen molar-refractivity contribution in [1.29, 1.82) is 0 Å². The summed E-state index contributed by atoms with van der Waals surface area (Å²) >= 11 is 0. The van der Waals surface area contributed by atoms with E-state index < -0.39 is 0 Å². The molecule has 1 aromatic rings. The Bertz CT molecular complexity index is 341. The van der Waals surface area contributed by atoms with Crippen molar-refractivity contribution in [3.8, 4) is 0 Å². The van der Waals surface area contributed by atoms with Crippen LogP contribution >= 0.6 is 0 Å². The van der Waals surface area contributed by atoms with Crippen molar-refractivity contribution in [2.24, 2.45) is 0 Å². The first-order valence-electron chi connectivity index (χ1n) is 5.53. The van der Waals surface area contributed by atoms with Crippen LogP contribution < -0.4 is 5.32 Å². The smallest absolute Gasteiger partial charge is 0.216 e. The third-order valence-electron chi connectivity index (χ3n) is 3.37. The molecule has 0 unspecified atom stereocenters. The molecule has 1 fully saturated rings. The normalized spacial score (nSPS) is 17.9. The van der Waals surface area contributed by atoms with Crippen molar-refractivity contribution in [1.82, 2.24) is 5.32 Å². The highest BCUT2D eigenvalue weighted by Gasteiger charge is 2.38. The lowest BCUT2D eigenvalue weighted by molar-refractivity contribution is -0.119. The Morgan fingerprint density at radius 1 is 1.33 bits per heavy atom. The molecule has 0 aromatic heterocycles. The van der Waals surface area contributed by atoms with Crippen LogP contribution in [-0.4, -0.2) is 12.5 Å². The van der Waals surface area contributed by atoms with Gasteiger partial charge in [-0.3, -0.25) is 4.79 Å². The highest BCUT2D eigenvalue weighted by atomic mass is 16.1. The Morgan fingerprint density at radius 2 is 2.00 bits per heavy atom. The molecule has 0 aliphatic heterocycles. The van der Waals surface area contributed by atoms with Crippen LogP contribution in [0.25, 0.3) is 0 Å². The van der Waals surface area contributed by atoms with E-state index in [9.17, 15) is 4.79 Å². The summed E-state index contributed by atoms with van der Waals surface area (Å²) in [6.07, 6.45) is 3.66. The third-order valence-corrected chi connectivity index (χ3v) is 3.37. The van der Waals surface area contributed by atoms with Crippen LogP contribution in [0.3, 0.4) is 0 Å². The molecular weight excluding hydrogens is 186 g/mol. The van der Waals surface area contributed by atoms with E-state index in [0.29, 0.717) is 0 Å². The molecule has 2 heteroatoms. The zero-order valence-electron chi connectivity index (χ0n) is 9.12. The molecule has 2 rings (SSSR count). The van der Waals surface area contributed by atoms with Crippen LogP contribution in [0.15, 0.2) is 30.3 Å². The molecule has 0 radical (unpaired) electrons. The van der Waals surface area contributed by atoms with Gasteiger partial charge in [0.1, 0.15) is 0 Å². The maximum absolute atomic E-state index is 11.0. The molecular formula is C13H17NO. The number of nitrogens with one attached hydrogen (secondary N) is 1. The number of rotatable bonds is 3. The summed E-state index contributed by atoms with van der Waals surface area (Å²) in [5.74, 6) is 0.0669. The number of benzene rings is 1. The Kier molecular flexibility index (Phi) is 2.76. The molecule has 1 saturated carbocycles. The molecule has 0 spiro atoms. The molecule has 1 aliphatic rings. The van der Waals surface area contributed by atoms with Gasteiger partial charge in [-0.2, -0.15) is 0 Å². The van der Waals surface area contributed by atoms with Gasteiger partial charge < -0.3 is 5.32 Å². The molecule has 0 saturated heterocycles. The maximum Gasteiger partial charge on any atom is 0.216 e. The SMILES string of the molecule is CC(=O)NCC1(c2ccccc2)CCC1. The number of carbonyl (C=O) groups excluding carboxylic acids is 1. The first-order valence-corrected chi connectivity index (χ1v) is 5.53. The van der Waals surface area contributed by atoms with Gasteiger partial charge in [-0.1, -0.05) is 36.8 Å². The first-order chi connectivity index (χ1) is 7.23. The average molecular weight is 203 g/mol. The zero-order chi connectivity index (χ0) is 10.7. The van der Waals surface area contributed by atoms with E-state index in [2.05, 4.69) is 29.6 Å². The zero-order valence-corrected chi connectivity index (χ0v) is 9.12. The fourth-order valence-electron chi connectivity index (χ4n) is 2.26. The van der Waals surface area contributed by atoms with Gasteiger partial charge in [0.05, 0.1) is 0 Å². The summed E-state index contributed by atoms with van der Waals surface area (Å²) in [6.45, 7) is 2.36. The molecule has 15 heavy (non-hydrogen) atoms. The van der Waals surface area contributed by atoms with Gasteiger partial charge in [-0.25, -0.2) is 0 Å². The van der Waals surface area contributed by atoms with Crippen molar-refractivity contribution in [3.05, 3.63) is 35.9 Å². The summed E-state index contributed by atoms with van der Waals surface area (Å²) in [5.41, 5.74) is 1.58. The van der Waals surface area contributed by atoms with E-state index in [1.807, 2.05) is 6.07 Å². The Hall–Kier alpha value is -1.31. The second-order valence-corrected chi connectivity index (χ2v) is 4.41. The van der Waals surface area contributed by atoms with Gasteiger partial charge in [0.25, 0.3) is 0 Å². The predicted octanol–water partition coefficient (Wildman–Crippen LogP) is 2.24. The molecule has 1 amide bonds. The minimum atomic E-state index is 0.0669. The Labute approximate surface area is 90.7 Å². The topological polar surface area (TPSA) is 29.1 Å². The van der Waals surface area contributed by atoms with Crippen LogP contribution in [0.4, 0.5) is 0 Å². The molecule has 1 N–H and O–H groups in total. The van der Waals surface area contributed by atoms with E-state index in [4.69, 9.17) is 0 Å². The summed E-state index contributed by atoms with van der Waals surface area (Å²) in [4.78, 5) is 11.0. The number of amides is 1. The monoisotopic (exact) mass is 203 g/mol. The van der Waals surface area contributed by atoms with Crippen molar-refractivity contribution >= 4 is 5.91 Å². The summed E-state index contributed by atoms with van der Waals surface area (Å²) in [6, 6.07) is 10.5. The van der Waals surface area contributed by atoms with E-state index in [1.165, 1.54) is 24.8 Å². The summed E-state index contributed by atoms with van der Waals surface area (Å²) < 4.78 is 0. The van der Waals surface area contributed by atoms with Gasteiger partial charge >= 0.3 is 0 Å². The van der Waals surface area contributed by atoms with Crippen molar-refractivity contribution < 1.29 is 4.79 Å². The number of hydrogen-bond donors (Lipinski definition) is 1. The predicted molar refractivity (Wildman–Crippen MR) is 60.7 cm³/mol. The lowest BCUT2D eigenvalue weighted by Crippen LogP contribution is -2.45. The molecule has 2 nitrogen and oxygen atoms in total. The molecule has 0 bridgehead atoms. The van der Waals surface area contributed by atoms with Crippen molar-refractivity contribution in [2.75, 3.05) is 6.54 Å². The van der Waals surface area contributed by atoms with Gasteiger partial charge in [0, 0.05) is 18.9 Å². The van der Waals surface area contributed by atoms with Crippen molar-refractivity contribution in [3.63, 3.8) is 0 Å². The van der Waals surface area contributed by atoms with Crippen LogP contribution in [0.5, 0.6) is 0 Å². The lowest BCUT2D eigenvalue weighted by atomic mass is 9.64. The standard InChI is InChI=1S/C13H17NO/c1-11(15)14-10-13(8-5-9-13)12-6-3-2-4-7-12/h2-4,6-7H,5,8-10H2,1H3,(H,14,15). The molecule has 1 aliphatic carbocycles. The van der Waals surface area contributed by atoms with E-state index >= 15 is 0 Å². The van der Waals surface area contributed by atoms with Gasteiger partial charge in [-0.15, -0.1) is 0 Å². The van der Waals surface area contributed by atoms with E-state index in [1.54, 1.807) is 6.92 Å². The van der Waals surface area contributed by atoms with Gasteiger partial charge in [-0.05, 0) is 18.4 Å². The third kappa shape index (κ3) is 2.04. The lowest BCUT2D eigenvalue weighted by Gasteiger charge is -2.42. The minimum Gasteiger partial charge on any atom is -0.355 e. The fraction of sp³-hybridized carbons (Fsp3) is 0.462. The summed E-state index contributed by atoms with van der Waals surface area (Å²) in [5, 5.41) is 2.95. The van der Waals surface area contributed by atoms with Gasteiger partial charge in [0.2, 0.25) is 5.91 Å². The highest BCUT2D eigenvalue weighted by molar-refractivity contribution is 5.73. The van der Waals surface area contributed by atoms with Crippen molar-refractivity contribution in [2.45, 2.75) is 31.6 Å². The van der Waals surface area contributed by atoms with E-state index in [-0.39, 0.29) is 11.3 Å². The number of carbonyl (C=O) groups is 1. The highest BCUT2D eigenvalue weighted by Crippen LogP contribution is 2.42. The maximum atomic E-state index is 11.0. The largest absolute Gasteiger partial charge is 0.355 e. The van der Waals surface area contributed by atoms with Crippen LogP contribution in [0.2, 0.25) is 0 Å². The van der Waals surface area contributed by atoms with E-state index in [0.717, 1.165) is 6.54 Å². The van der Waals surface area contributed by atoms with Crippen LogP contribution in [0, 0.1) is 0 Å². The Morgan fingerprint density at radius 3 is 2.47 bits per heavy atom. The molecule has 1 aromatic carbocycles. The quantitative estimate of drug-likeness (QED) is 0.802. The minimum absolute atomic E-state index is 0.0669. The number of hydrogen-bond acceptors (Lipinski definition) is 1. The molecule has 0 atom stereocenters.